The zero-order valence-electron chi connectivity index (χ0n) is 22.3. The molecule has 1 heterocycles. The number of benzene rings is 3. The number of nitrogens with zero attached hydrogens (tertiary/aromatic N) is 2. The van der Waals surface area contributed by atoms with E-state index >= 15 is 0 Å². The minimum absolute atomic E-state index is 0.171. The summed E-state index contributed by atoms with van der Waals surface area (Å²) in [6.45, 7) is 6.07. The molecule has 1 saturated heterocycles. The highest BCUT2D eigenvalue weighted by Crippen LogP contribution is 2.31. The second kappa shape index (κ2) is 13.0. The molecule has 8 heteroatoms. The number of nitrogens with one attached hydrogen (secondary N) is 2. The minimum atomic E-state index is -0.201. The third kappa shape index (κ3) is 6.44. The number of hydrogen-bond donors (Lipinski definition) is 2. The van der Waals surface area contributed by atoms with Crippen LogP contribution in [-0.4, -0.2) is 65.4 Å². The van der Waals surface area contributed by atoms with Crippen molar-refractivity contribution >= 4 is 28.9 Å². The Kier molecular flexibility index (Phi) is 9.21. The molecule has 1 aliphatic rings. The average molecular weight is 517 g/mol. The van der Waals surface area contributed by atoms with Crippen LogP contribution >= 0.6 is 0 Å². The monoisotopic (exact) mass is 516 g/mol. The summed E-state index contributed by atoms with van der Waals surface area (Å²) in [5.41, 5.74) is 4.54. The third-order valence-electron chi connectivity index (χ3n) is 6.75. The van der Waals surface area contributed by atoms with Crippen LogP contribution in [0, 0.1) is 6.92 Å². The molecule has 0 aliphatic carbocycles. The van der Waals surface area contributed by atoms with Crippen LogP contribution in [-0.2, 0) is 4.74 Å². The maximum absolute atomic E-state index is 13.3. The number of aryl methyl sites for hydroxylation is 1. The lowest BCUT2D eigenvalue weighted by Gasteiger charge is -2.38. The van der Waals surface area contributed by atoms with Gasteiger partial charge in [-0.05, 0) is 55.3 Å². The Morgan fingerprint density at radius 3 is 2.21 bits per heavy atom. The van der Waals surface area contributed by atoms with Crippen LogP contribution in [0.15, 0.2) is 66.7 Å². The Balaban J connectivity index is 1.53. The van der Waals surface area contributed by atoms with Crippen LogP contribution < -0.4 is 25.2 Å². The van der Waals surface area contributed by atoms with Crippen molar-refractivity contribution in [1.29, 1.82) is 0 Å². The first-order valence-corrected chi connectivity index (χ1v) is 12.9. The van der Waals surface area contributed by atoms with E-state index in [1.165, 1.54) is 0 Å². The number of amides is 2. The minimum Gasteiger partial charge on any atom is -0.495 e. The van der Waals surface area contributed by atoms with E-state index in [1.54, 1.807) is 26.4 Å². The van der Waals surface area contributed by atoms with Crippen molar-refractivity contribution in [3.8, 4) is 5.75 Å². The van der Waals surface area contributed by atoms with Crippen molar-refractivity contribution < 1.29 is 19.1 Å². The molecule has 0 radical (unpaired) electrons. The number of piperazine rings is 1. The predicted molar refractivity (Wildman–Crippen MR) is 152 cm³/mol. The van der Waals surface area contributed by atoms with Crippen LogP contribution in [0.5, 0.6) is 5.75 Å². The highest BCUT2D eigenvalue weighted by Gasteiger charge is 2.24. The van der Waals surface area contributed by atoms with Gasteiger partial charge in [0.05, 0.1) is 18.4 Å². The molecule has 2 N–H and O–H groups in total. The predicted octanol–water partition coefficient (Wildman–Crippen LogP) is 4.35. The SMILES string of the molecule is COCCCNC(=O)c1cc(NC(=O)c2ccccc2C)ccc1N1CCN(c2ccccc2OC)CC1. The first kappa shape index (κ1) is 27.0. The van der Waals surface area contributed by atoms with Crippen LogP contribution in [0.25, 0.3) is 0 Å². The second-order valence-electron chi connectivity index (χ2n) is 9.25. The van der Waals surface area contributed by atoms with E-state index in [9.17, 15) is 9.59 Å². The van der Waals surface area contributed by atoms with Crippen molar-refractivity contribution in [2.45, 2.75) is 13.3 Å². The zero-order chi connectivity index (χ0) is 26.9. The molecule has 1 aliphatic heterocycles. The number of anilines is 3. The maximum Gasteiger partial charge on any atom is 0.255 e. The Hall–Kier alpha value is -4.04. The standard InChI is InChI=1S/C30H36N4O4/c1-22-9-4-5-10-24(22)30(36)32-23-13-14-26(25(21-23)29(35)31-15-8-20-37-2)33-16-18-34(19-17-33)27-11-6-7-12-28(27)38-3/h4-7,9-14,21H,8,15-20H2,1-3H3,(H,31,35)(H,32,36). The van der Waals surface area contributed by atoms with Gasteiger partial charge in [-0.3, -0.25) is 9.59 Å². The molecule has 0 aromatic heterocycles. The molecule has 3 aromatic carbocycles. The van der Waals surface area contributed by atoms with Gasteiger partial charge < -0.3 is 29.9 Å². The van der Waals surface area contributed by atoms with Gasteiger partial charge in [0.25, 0.3) is 11.8 Å². The largest absolute Gasteiger partial charge is 0.495 e. The number of carbonyl (C=O) groups is 2. The molecule has 0 spiro atoms. The molecular weight excluding hydrogens is 480 g/mol. The number of rotatable bonds is 10. The fourth-order valence-corrected chi connectivity index (χ4v) is 4.69. The van der Waals surface area contributed by atoms with Crippen LogP contribution in [0.3, 0.4) is 0 Å². The molecule has 38 heavy (non-hydrogen) atoms. The molecule has 0 atom stereocenters. The van der Waals surface area contributed by atoms with E-state index in [0.717, 1.165) is 55.3 Å². The van der Waals surface area contributed by atoms with E-state index in [2.05, 4.69) is 26.5 Å². The summed E-state index contributed by atoms with van der Waals surface area (Å²) in [6, 6.07) is 21.0. The molecule has 0 saturated carbocycles. The fraction of sp³-hybridized carbons (Fsp3) is 0.333. The van der Waals surface area contributed by atoms with Gasteiger partial charge in [0.15, 0.2) is 0 Å². The van der Waals surface area contributed by atoms with Crippen LogP contribution in [0.2, 0.25) is 0 Å². The summed E-state index contributed by atoms with van der Waals surface area (Å²) in [4.78, 5) is 30.7. The fourth-order valence-electron chi connectivity index (χ4n) is 4.69. The zero-order valence-corrected chi connectivity index (χ0v) is 22.3. The summed E-state index contributed by atoms with van der Waals surface area (Å²) in [5.74, 6) is 0.480. The second-order valence-corrected chi connectivity index (χ2v) is 9.25. The van der Waals surface area contributed by atoms with Gasteiger partial charge in [0, 0.05) is 63.4 Å². The van der Waals surface area contributed by atoms with Crippen LogP contribution in [0.4, 0.5) is 17.1 Å². The van der Waals surface area contributed by atoms with Gasteiger partial charge in [0.2, 0.25) is 0 Å². The maximum atomic E-state index is 13.3. The van der Waals surface area contributed by atoms with Crippen molar-refractivity contribution in [3.63, 3.8) is 0 Å². The normalized spacial score (nSPS) is 13.2. The van der Waals surface area contributed by atoms with E-state index in [4.69, 9.17) is 9.47 Å². The third-order valence-corrected chi connectivity index (χ3v) is 6.75. The number of hydrogen-bond acceptors (Lipinski definition) is 6. The molecule has 2 amide bonds. The molecule has 3 aromatic rings. The summed E-state index contributed by atoms with van der Waals surface area (Å²) in [7, 11) is 3.33. The summed E-state index contributed by atoms with van der Waals surface area (Å²) >= 11 is 0. The van der Waals surface area contributed by atoms with Gasteiger partial charge >= 0.3 is 0 Å². The average Bonchev–Trinajstić information content (AvgIpc) is 2.95. The number of ether oxygens (including phenoxy) is 2. The smallest absolute Gasteiger partial charge is 0.255 e. The van der Waals surface area contributed by atoms with Crippen molar-refractivity contribution in [1.82, 2.24) is 5.32 Å². The Morgan fingerprint density at radius 2 is 1.50 bits per heavy atom. The van der Waals surface area contributed by atoms with E-state index in [1.807, 2.05) is 55.5 Å². The summed E-state index contributed by atoms with van der Waals surface area (Å²) in [6.07, 6.45) is 0.721. The Morgan fingerprint density at radius 1 is 0.816 bits per heavy atom. The molecule has 1 fully saturated rings. The lowest BCUT2D eigenvalue weighted by molar-refractivity contribution is 0.0947. The van der Waals surface area contributed by atoms with Gasteiger partial charge in [-0.1, -0.05) is 30.3 Å². The Labute approximate surface area is 224 Å². The summed E-state index contributed by atoms with van der Waals surface area (Å²) in [5, 5.41) is 5.96. The molecule has 4 rings (SSSR count). The summed E-state index contributed by atoms with van der Waals surface area (Å²) < 4.78 is 10.7. The molecule has 200 valence electrons. The van der Waals surface area contributed by atoms with E-state index < -0.39 is 0 Å². The van der Waals surface area contributed by atoms with E-state index in [0.29, 0.717) is 30.0 Å². The lowest BCUT2D eigenvalue weighted by Crippen LogP contribution is -2.47. The van der Waals surface area contributed by atoms with Gasteiger partial charge in [0.1, 0.15) is 5.75 Å². The molecule has 8 nitrogen and oxygen atoms in total. The highest BCUT2D eigenvalue weighted by molar-refractivity contribution is 6.07. The highest BCUT2D eigenvalue weighted by atomic mass is 16.5. The quantitative estimate of drug-likeness (QED) is 0.390. The lowest BCUT2D eigenvalue weighted by atomic mass is 10.1. The van der Waals surface area contributed by atoms with Crippen molar-refractivity contribution in [2.24, 2.45) is 0 Å². The van der Waals surface area contributed by atoms with Gasteiger partial charge in [-0.15, -0.1) is 0 Å². The number of carbonyl (C=O) groups excluding carboxylic acids is 2. The first-order valence-electron chi connectivity index (χ1n) is 12.9. The van der Waals surface area contributed by atoms with Gasteiger partial charge in [-0.25, -0.2) is 0 Å². The van der Waals surface area contributed by atoms with Crippen LogP contribution in [0.1, 0.15) is 32.7 Å². The molecular formula is C30H36N4O4. The topological polar surface area (TPSA) is 83.1 Å². The number of para-hydroxylation sites is 2. The number of methoxy groups -OCH3 is 2. The van der Waals surface area contributed by atoms with Crippen molar-refractivity contribution in [2.75, 3.05) is 68.7 Å². The van der Waals surface area contributed by atoms with Gasteiger partial charge in [-0.2, -0.15) is 0 Å². The van der Waals surface area contributed by atoms with E-state index in [-0.39, 0.29) is 11.8 Å². The molecule has 0 unspecified atom stereocenters. The Bertz CT molecular complexity index is 1250. The van der Waals surface area contributed by atoms with Crippen molar-refractivity contribution in [3.05, 3.63) is 83.4 Å². The first-order chi connectivity index (χ1) is 18.5. The molecule has 0 bridgehead atoms.